The molecule has 3 aromatic heterocycles. The molecule has 0 bridgehead atoms. The Bertz CT molecular complexity index is 1120. The molecule has 0 spiro atoms. The van der Waals surface area contributed by atoms with E-state index in [1.807, 2.05) is 30.7 Å². The van der Waals surface area contributed by atoms with Gasteiger partial charge in [0.1, 0.15) is 41.5 Å². The summed E-state index contributed by atoms with van der Waals surface area (Å²) in [5, 5.41) is 21.7. The Morgan fingerprint density at radius 2 is 2.03 bits per heavy atom. The Labute approximate surface area is 192 Å². The van der Waals surface area contributed by atoms with Crippen molar-refractivity contribution in [3.05, 3.63) is 44.6 Å². The van der Waals surface area contributed by atoms with E-state index in [0.717, 1.165) is 5.56 Å². The molecule has 0 aromatic carbocycles. The van der Waals surface area contributed by atoms with Crippen molar-refractivity contribution in [2.24, 2.45) is 0 Å². The molecule has 2 saturated heterocycles. The van der Waals surface area contributed by atoms with Gasteiger partial charge in [0, 0.05) is 17.7 Å². The van der Waals surface area contributed by atoms with Gasteiger partial charge in [0.15, 0.2) is 12.0 Å². The molecule has 2 aliphatic heterocycles. The molecule has 31 heavy (non-hydrogen) atoms. The second kappa shape index (κ2) is 7.93. The first-order chi connectivity index (χ1) is 14.8. The molecule has 0 saturated carbocycles. The lowest BCUT2D eigenvalue weighted by atomic mass is 10.0. The molecule has 1 unspecified atom stereocenters. The van der Waals surface area contributed by atoms with E-state index in [9.17, 15) is 10.2 Å². The molecule has 166 valence electrons. The number of halogens is 2. The lowest BCUT2D eigenvalue weighted by Gasteiger charge is -2.27. The van der Waals surface area contributed by atoms with Gasteiger partial charge in [-0.05, 0) is 38.0 Å². The molecule has 3 aromatic rings. The minimum atomic E-state index is -1.01. The fraction of sp³-hybridized carbons (Fsp3) is 0.500. The largest absolute Gasteiger partial charge is 0.396 e. The molecule has 2 fully saturated rings. The van der Waals surface area contributed by atoms with Crippen LogP contribution >= 0.6 is 34.5 Å². The van der Waals surface area contributed by atoms with Crippen molar-refractivity contribution < 1.29 is 24.4 Å². The lowest BCUT2D eigenvalue weighted by Crippen LogP contribution is -2.34. The Morgan fingerprint density at radius 3 is 2.81 bits per heavy atom. The van der Waals surface area contributed by atoms with Crippen molar-refractivity contribution in [2.45, 2.75) is 56.7 Å². The van der Waals surface area contributed by atoms with Crippen LogP contribution in [-0.4, -0.2) is 55.5 Å². The summed E-state index contributed by atoms with van der Waals surface area (Å²) in [7, 11) is 0. The molecular formula is C20H21Cl2N3O5S. The maximum atomic E-state index is 11.3. The van der Waals surface area contributed by atoms with Gasteiger partial charge in [-0.25, -0.2) is 9.97 Å². The quantitative estimate of drug-likeness (QED) is 0.533. The zero-order chi connectivity index (χ0) is 21.9. The second-order valence-corrected chi connectivity index (χ2v) is 10.1. The SMILES string of the molecule is CC1(C)O[C@@H]2[C@@H]([C@@H](O)c3sc(Cl)cc3CCO)OC(n3ccc4c(Cl)ncnc43)[C@@H]2O1. The van der Waals surface area contributed by atoms with Crippen LogP contribution in [0.4, 0.5) is 0 Å². The highest BCUT2D eigenvalue weighted by Crippen LogP contribution is 2.48. The molecule has 5 heterocycles. The number of fused-ring (bicyclic) bond motifs is 2. The summed E-state index contributed by atoms with van der Waals surface area (Å²) in [6, 6.07) is 3.58. The summed E-state index contributed by atoms with van der Waals surface area (Å²) in [6.07, 6.45) is 0.295. The van der Waals surface area contributed by atoms with Crippen molar-refractivity contribution in [1.29, 1.82) is 0 Å². The summed E-state index contributed by atoms with van der Waals surface area (Å²) in [5.74, 6) is -0.841. The van der Waals surface area contributed by atoms with Gasteiger partial charge >= 0.3 is 0 Å². The molecular weight excluding hydrogens is 465 g/mol. The average Bonchev–Trinajstić information content (AvgIpc) is 3.44. The average molecular weight is 486 g/mol. The Kier molecular flexibility index (Phi) is 5.51. The van der Waals surface area contributed by atoms with Gasteiger partial charge < -0.3 is 29.0 Å². The van der Waals surface area contributed by atoms with E-state index in [1.54, 1.807) is 6.07 Å². The van der Waals surface area contributed by atoms with Crippen LogP contribution in [-0.2, 0) is 20.6 Å². The molecule has 5 rings (SSSR count). The fourth-order valence-electron chi connectivity index (χ4n) is 4.35. The summed E-state index contributed by atoms with van der Waals surface area (Å²) in [6.45, 7) is 3.62. The molecule has 2 aliphatic rings. The summed E-state index contributed by atoms with van der Waals surface area (Å²) >= 11 is 13.7. The van der Waals surface area contributed by atoms with Crippen LogP contribution in [0.3, 0.4) is 0 Å². The van der Waals surface area contributed by atoms with E-state index in [0.29, 0.717) is 31.8 Å². The minimum absolute atomic E-state index is 0.0462. The number of rotatable bonds is 5. The summed E-state index contributed by atoms with van der Waals surface area (Å²) in [4.78, 5) is 9.03. The number of nitrogens with zero attached hydrogens (tertiary/aromatic N) is 3. The first-order valence-electron chi connectivity index (χ1n) is 9.84. The fourth-order valence-corrected chi connectivity index (χ4v) is 5.88. The van der Waals surface area contributed by atoms with Crippen molar-refractivity contribution in [3.8, 4) is 0 Å². The van der Waals surface area contributed by atoms with E-state index >= 15 is 0 Å². The van der Waals surface area contributed by atoms with Gasteiger partial charge in [0.05, 0.1) is 9.72 Å². The maximum absolute atomic E-state index is 11.3. The van der Waals surface area contributed by atoms with E-state index in [1.165, 1.54) is 17.7 Å². The van der Waals surface area contributed by atoms with Crippen molar-refractivity contribution >= 4 is 45.6 Å². The maximum Gasteiger partial charge on any atom is 0.164 e. The summed E-state index contributed by atoms with van der Waals surface area (Å²) in [5.41, 5.74) is 1.39. The van der Waals surface area contributed by atoms with Crippen LogP contribution in [0.15, 0.2) is 24.7 Å². The van der Waals surface area contributed by atoms with Gasteiger partial charge in [0.25, 0.3) is 0 Å². The third-order valence-electron chi connectivity index (χ3n) is 5.57. The normalized spacial score (nSPS) is 28.3. The van der Waals surface area contributed by atoms with Crippen LogP contribution in [0.25, 0.3) is 11.0 Å². The highest BCUT2D eigenvalue weighted by molar-refractivity contribution is 7.16. The Balaban J connectivity index is 1.53. The second-order valence-electron chi connectivity index (χ2n) is 8.04. The predicted octanol–water partition coefficient (Wildman–Crippen LogP) is 3.49. The predicted molar refractivity (Wildman–Crippen MR) is 115 cm³/mol. The first kappa shape index (κ1) is 21.5. The third kappa shape index (κ3) is 3.67. The smallest absolute Gasteiger partial charge is 0.164 e. The molecule has 0 aliphatic carbocycles. The van der Waals surface area contributed by atoms with E-state index in [4.69, 9.17) is 37.4 Å². The zero-order valence-electron chi connectivity index (χ0n) is 16.7. The number of aliphatic hydroxyl groups is 2. The molecule has 5 atom stereocenters. The van der Waals surface area contributed by atoms with E-state index < -0.39 is 36.4 Å². The van der Waals surface area contributed by atoms with Gasteiger partial charge in [-0.3, -0.25) is 0 Å². The first-order valence-corrected chi connectivity index (χ1v) is 11.4. The topological polar surface area (TPSA) is 98.9 Å². The van der Waals surface area contributed by atoms with Crippen LogP contribution in [0.2, 0.25) is 9.49 Å². The highest BCUT2D eigenvalue weighted by atomic mass is 35.5. The van der Waals surface area contributed by atoms with E-state index in [-0.39, 0.29) is 6.61 Å². The van der Waals surface area contributed by atoms with Crippen LogP contribution in [0.5, 0.6) is 0 Å². The van der Waals surface area contributed by atoms with Gasteiger partial charge in [-0.2, -0.15) is 0 Å². The number of aromatic nitrogens is 3. The third-order valence-corrected chi connectivity index (χ3v) is 7.25. The van der Waals surface area contributed by atoms with Crippen LogP contribution in [0, 0.1) is 0 Å². The number of aliphatic hydroxyl groups excluding tert-OH is 2. The minimum Gasteiger partial charge on any atom is -0.396 e. The zero-order valence-corrected chi connectivity index (χ0v) is 19.1. The standard InChI is InChI=1S/C20H21Cl2N3O5S/c1-20(2)29-14-13(12(27)16-9(4-6-26)7-11(21)31-16)28-19(15(14)30-20)25-5-3-10-17(22)23-8-24-18(10)25/h3,5,7-8,12-15,19,26-27H,4,6H2,1-2H3/t12-,13-,14-,15-,19?/m1/s1. The number of hydrogen-bond donors (Lipinski definition) is 2. The van der Waals surface area contributed by atoms with Gasteiger partial charge in [-0.1, -0.05) is 23.2 Å². The van der Waals surface area contributed by atoms with Crippen LogP contribution in [0.1, 0.15) is 36.6 Å². The summed E-state index contributed by atoms with van der Waals surface area (Å²) < 4.78 is 21.0. The monoisotopic (exact) mass is 485 g/mol. The van der Waals surface area contributed by atoms with Crippen molar-refractivity contribution in [3.63, 3.8) is 0 Å². The number of thiophene rings is 1. The lowest BCUT2D eigenvalue weighted by molar-refractivity contribution is -0.207. The van der Waals surface area contributed by atoms with Gasteiger partial charge in [-0.15, -0.1) is 11.3 Å². The Hall–Kier alpha value is -1.30. The van der Waals surface area contributed by atoms with Crippen molar-refractivity contribution in [2.75, 3.05) is 6.61 Å². The van der Waals surface area contributed by atoms with Crippen LogP contribution < -0.4 is 0 Å². The van der Waals surface area contributed by atoms with E-state index in [2.05, 4.69) is 9.97 Å². The molecule has 0 radical (unpaired) electrons. The number of hydrogen-bond acceptors (Lipinski definition) is 8. The number of ether oxygens (including phenoxy) is 3. The van der Waals surface area contributed by atoms with Crippen molar-refractivity contribution in [1.82, 2.24) is 14.5 Å². The highest BCUT2D eigenvalue weighted by Gasteiger charge is 2.58. The Morgan fingerprint density at radius 1 is 1.26 bits per heavy atom. The molecule has 0 amide bonds. The molecule has 8 nitrogen and oxygen atoms in total. The molecule has 11 heteroatoms. The van der Waals surface area contributed by atoms with Gasteiger partial charge in [0.2, 0.25) is 0 Å². The molecule has 2 N–H and O–H groups in total.